The van der Waals surface area contributed by atoms with Crippen molar-refractivity contribution in [1.29, 1.82) is 0 Å². The highest BCUT2D eigenvalue weighted by Gasteiger charge is 2.31. The second-order valence-electron chi connectivity index (χ2n) is 42.0. The summed E-state index contributed by atoms with van der Waals surface area (Å²) in [5.41, 5.74) is 17.2. The molecule has 18 rings (SSSR count). The Kier molecular flexibility index (Phi) is 57.4. The van der Waals surface area contributed by atoms with Crippen molar-refractivity contribution in [3.8, 4) is 0 Å². The van der Waals surface area contributed by atoms with Crippen LogP contribution in [0.4, 0.5) is 0 Å². The van der Waals surface area contributed by atoms with Gasteiger partial charge >= 0.3 is 0 Å². The molecule has 0 spiro atoms. The van der Waals surface area contributed by atoms with Gasteiger partial charge in [0.25, 0.3) is 0 Å². The number of rotatable bonds is 12. The maximum Gasteiger partial charge on any atom is 0.0620 e. The van der Waals surface area contributed by atoms with E-state index in [1.807, 2.05) is 0 Å². The van der Waals surface area contributed by atoms with Crippen LogP contribution in [0.1, 0.15) is 333 Å². The fraction of sp³-hybridized carbons (Fsp3) is 1.00. The lowest BCUT2D eigenvalue weighted by Crippen LogP contribution is -2.48. The van der Waals surface area contributed by atoms with Gasteiger partial charge in [0.15, 0.2) is 0 Å². The van der Waals surface area contributed by atoms with Crippen LogP contribution < -0.4 is 65.1 Å². The average Bonchev–Trinajstić information content (AvgIpc) is 1.70. The minimum Gasteiger partial charge on any atom is -0.381 e. The van der Waals surface area contributed by atoms with Crippen LogP contribution in [-0.2, 0) is 42.6 Å². The third kappa shape index (κ3) is 50.9. The van der Waals surface area contributed by atoms with Gasteiger partial charge in [-0.05, 0) is 267 Å². The Balaban J connectivity index is 0.000000182. The molecule has 0 bridgehead atoms. The van der Waals surface area contributed by atoms with Gasteiger partial charge in [-0.15, -0.1) is 0 Å². The normalized spacial score (nSPS) is 39.7. The predicted octanol–water partition coefficient (Wildman–Crippen LogP) is 15.0. The number of piperidine rings is 3. The largest absolute Gasteiger partial charge is 0.381 e. The van der Waals surface area contributed by atoms with Crippen LogP contribution in [0.25, 0.3) is 0 Å². The van der Waals surface area contributed by atoms with Gasteiger partial charge in [0.2, 0.25) is 0 Å². The molecule has 21 heteroatoms. The average molecular weight is 1700 g/mol. The second kappa shape index (κ2) is 64.8. The molecule has 18 fully saturated rings. The molecule has 0 radical (unpaired) electrons. The standard InChI is InChI=1S/3C11H21NO.3C10H20N2O.3C7H15N.3C5H10O/c3*1-9-3-2-4-10(7-9)12-11-5-6-13-8-11;3*1-8-6-9(2-4-11-8)12-10-3-5-13-7-10;3*1-6-3-2-4-7(8)5-6;3*1-5-2-3-6-4-5/h3*9-12H,2-8H2,1H3;3*8-12H,2-7H2,1H3;3*6-7H,2-5,8H2,1H3;3*5H,2-4H2,1H3/t9-,10+,11+;9-,10+,11-;9-,10-,11-;8-,9+,10+;8-,9-,10+;8-,9-,10-;2*6-,7+;6-,7-;3*5-/m000111000110/s1. The van der Waals surface area contributed by atoms with Crippen LogP contribution in [-0.4, -0.2) is 247 Å². The minimum absolute atomic E-state index is 0.513. The Morgan fingerprint density at radius 2 is 0.375 bits per heavy atom. The molecule has 0 aromatic heterocycles. The Bertz CT molecular complexity index is 1990. The summed E-state index contributed by atoms with van der Waals surface area (Å²) in [7, 11) is 0. The SMILES string of the molecule is C[C@@H]1CCOC1.C[C@@H]1CCOC1.C[C@@H]1C[C@@H](N[C@H]2CCOC2)CCN1.C[C@@H]1C[C@H](N[C@@H]2CCOC2)CCN1.C[C@@H]1C[C@H](N[C@H]2CCOC2)CCN1.C[C@H]1CCC[C@@H](N)C1.C[C@H]1CCC[C@@H](N)C1.C[C@H]1CCC[C@@H](N[C@@H]2CCOC2)C1.C[C@H]1CCC[C@@H](N[C@H]2CCOC2)C1.C[C@H]1CCC[C@H](N)C1.C[C@H]1CCC[C@H](N[C@H]2CCOC2)C1.C[C@H]1CCOC1. The van der Waals surface area contributed by atoms with E-state index in [0.29, 0.717) is 90.6 Å². The minimum atomic E-state index is 0.513. The second-order valence-corrected chi connectivity index (χ2v) is 42.0. The van der Waals surface area contributed by atoms with E-state index < -0.39 is 0 Å². The van der Waals surface area contributed by atoms with Gasteiger partial charge in [-0.2, -0.15) is 0 Å². The van der Waals surface area contributed by atoms with Crippen molar-refractivity contribution in [2.24, 2.45) is 70.5 Å². The molecule has 6 saturated carbocycles. The van der Waals surface area contributed by atoms with Crippen molar-refractivity contribution < 1.29 is 42.6 Å². The molecule has 6 aliphatic carbocycles. The van der Waals surface area contributed by atoms with Gasteiger partial charge in [0.05, 0.1) is 39.6 Å². The first kappa shape index (κ1) is 106. The van der Waals surface area contributed by atoms with E-state index in [1.165, 1.54) is 250 Å². The lowest BCUT2D eigenvalue weighted by molar-refractivity contribution is 0.183. The summed E-state index contributed by atoms with van der Waals surface area (Å²) in [6.45, 7) is 48.1. The first-order valence-corrected chi connectivity index (χ1v) is 51.3. The van der Waals surface area contributed by atoms with Crippen LogP contribution in [0, 0.1) is 53.3 Å². The van der Waals surface area contributed by atoms with Gasteiger partial charge in [0, 0.05) is 188 Å². The zero-order chi connectivity index (χ0) is 85.7. The van der Waals surface area contributed by atoms with Crippen molar-refractivity contribution in [2.45, 2.75) is 442 Å². The van der Waals surface area contributed by atoms with E-state index in [2.05, 4.69) is 131 Å². The Morgan fingerprint density at radius 3 is 0.517 bits per heavy atom. The number of nitrogens with two attached hydrogens (primary N) is 3. The van der Waals surface area contributed by atoms with E-state index in [0.717, 1.165) is 210 Å². The highest BCUT2D eigenvalue weighted by molar-refractivity contribution is 4.90. The quantitative estimate of drug-likeness (QED) is 0.0866. The monoisotopic (exact) mass is 1700 g/mol. The van der Waals surface area contributed by atoms with E-state index >= 15 is 0 Å². The molecule has 0 aromatic carbocycles. The van der Waals surface area contributed by atoms with E-state index in [4.69, 9.17) is 59.8 Å². The highest BCUT2D eigenvalue weighted by Crippen LogP contribution is 2.29. The molecule has 0 amide bonds. The smallest absolute Gasteiger partial charge is 0.0620 e. The van der Waals surface area contributed by atoms with Gasteiger partial charge < -0.3 is 108 Å². The molecule has 18 aliphatic rings. The third-order valence-electron chi connectivity index (χ3n) is 28.5. The summed E-state index contributed by atoms with van der Waals surface area (Å²) in [5.74, 6) is 7.91. The molecule has 12 heterocycles. The van der Waals surface area contributed by atoms with E-state index in [9.17, 15) is 0 Å². The molecular weight excluding hydrogens is 1500 g/mol. The summed E-state index contributed by atoms with van der Waals surface area (Å²) in [4.78, 5) is 0. The number of hydrogen-bond acceptors (Lipinski definition) is 21. The third-order valence-corrected chi connectivity index (χ3v) is 28.5. The summed E-state index contributed by atoms with van der Waals surface area (Å²) in [5, 5.41) is 32.6. The molecular formula is C99H198N12O9. The fourth-order valence-electron chi connectivity index (χ4n) is 21.0. The molecule has 15 N–H and O–H groups in total. The van der Waals surface area contributed by atoms with Gasteiger partial charge in [-0.25, -0.2) is 0 Å². The summed E-state index contributed by atoms with van der Waals surface area (Å²) in [6.07, 6.45) is 51.1. The van der Waals surface area contributed by atoms with Crippen molar-refractivity contribution in [3.05, 3.63) is 0 Å². The molecule has 120 heavy (non-hydrogen) atoms. The number of nitrogens with one attached hydrogen (secondary N) is 9. The maximum atomic E-state index is 5.73. The van der Waals surface area contributed by atoms with Crippen molar-refractivity contribution in [3.63, 3.8) is 0 Å². The maximum absolute atomic E-state index is 5.73. The predicted molar refractivity (Wildman–Crippen MR) is 501 cm³/mol. The van der Waals surface area contributed by atoms with Crippen LogP contribution in [0.2, 0.25) is 0 Å². The van der Waals surface area contributed by atoms with Crippen LogP contribution in [0.5, 0.6) is 0 Å². The molecule has 708 valence electrons. The Morgan fingerprint density at radius 1 is 0.183 bits per heavy atom. The summed E-state index contributed by atoms with van der Waals surface area (Å²) >= 11 is 0. The van der Waals surface area contributed by atoms with Gasteiger partial charge in [-0.3, -0.25) is 0 Å². The zero-order valence-corrected chi connectivity index (χ0v) is 79.9. The Labute approximate surface area is 737 Å². The van der Waals surface area contributed by atoms with E-state index in [-0.39, 0.29) is 0 Å². The van der Waals surface area contributed by atoms with Crippen LogP contribution in [0.15, 0.2) is 0 Å². The van der Waals surface area contributed by atoms with Crippen LogP contribution >= 0.6 is 0 Å². The van der Waals surface area contributed by atoms with Crippen molar-refractivity contribution in [1.82, 2.24) is 47.9 Å². The molecule has 0 aromatic rings. The van der Waals surface area contributed by atoms with Gasteiger partial charge in [0.1, 0.15) is 0 Å². The summed E-state index contributed by atoms with van der Waals surface area (Å²) in [6, 6.07) is 11.8. The van der Waals surface area contributed by atoms with Gasteiger partial charge in [-0.1, -0.05) is 139 Å². The molecule has 0 unspecified atom stereocenters. The van der Waals surface area contributed by atoms with Crippen LogP contribution in [0.3, 0.4) is 0 Å². The number of ether oxygens (including phenoxy) is 9. The fourth-order valence-corrected chi connectivity index (χ4v) is 21.0. The first-order valence-electron chi connectivity index (χ1n) is 51.3. The van der Waals surface area contributed by atoms with Crippen molar-refractivity contribution >= 4 is 0 Å². The van der Waals surface area contributed by atoms with E-state index in [1.54, 1.807) is 0 Å². The zero-order valence-electron chi connectivity index (χ0n) is 79.9. The topological polar surface area (TPSA) is 269 Å². The Hall–Kier alpha value is -0.840. The number of hydrogen-bond donors (Lipinski definition) is 12. The first-order chi connectivity index (χ1) is 58.1. The molecule has 12 aliphatic heterocycles. The lowest BCUT2D eigenvalue weighted by Gasteiger charge is -2.30. The molecule has 27 atom stereocenters. The molecule has 21 nitrogen and oxygen atoms in total. The molecule has 12 saturated heterocycles. The summed E-state index contributed by atoms with van der Waals surface area (Å²) < 4.78 is 47.3. The lowest BCUT2D eigenvalue weighted by atomic mass is 9.87. The van der Waals surface area contributed by atoms with Crippen molar-refractivity contribution in [2.75, 3.05) is 139 Å². The highest BCUT2D eigenvalue weighted by atomic mass is 16.5.